The zero-order valence-electron chi connectivity index (χ0n) is 12.4. The highest BCUT2D eigenvalue weighted by Crippen LogP contribution is 2.17. The molecule has 0 aliphatic carbocycles. The van der Waals surface area contributed by atoms with Gasteiger partial charge in [0, 0.05) is 26.2 Å². The van der Waals surface area contributed by atoms with Crippen molar-refractivity contribution in [2.75, 3.05) is 39.4 Å². The Balaban J connectivity index is 2.10. The minimum absolute atomic E-state index is 0.0159. The highest BCUT2D eigenvalue weighted by Gasteiger charge is 2.34. The van der Waals surface area contributed by atoms with Crippen LogP contribution in [0.25, 0.3) is 0 Å². The lowest BCUT2D eigenvalue weighted by Crippen LogP contribution is -2.54. The van der Waals surface area contributed by atoms with Gasteiger partial charge in [0.2, 0.25) is 5.91 Å². The zero-order valence-corrected chi connectivity index (χ0v) is 12.4. The largest absolute Gasteiger partial charge is 0.378 e. The Morgan fingerprint density at radius 1 is 1.35 bits per heavy atom. The normalized spacial score (nSPS) is 24.6. The maximum absolute atomic E-state index is 12.7. The van der Waals surface area contributed by atoms with E-state index in [4.69, 9.17) is 4.74 Å². The van der Waals surface area contributed by atoms with E-state index >= 15 is 0 Å². The molecule has 2 rings (SSSR count). The van der Waals surface area contributed by atoms with Gasteiger partial charge in [-0.1, -0.05) is 13.8 Å². The summed E-state index contributed by atoms with van der Waals surface area (Å²) in [5.41, 5.74) is 0. The Morgan fingerprint density at radius 2 is 2.05 bits per heavy atom. The van der Waals surface area contributed by atoms with Crippen LogP contribution in [0.15, 0.2) is 0 Å². The molecule has 0 aromatic carbocycles. The molecule has 2 fully saturated rings. The summed E-state index contributed by atoms with van der Waals surface area (Å²) in [5.74, 6) is 0.363. The Labute approximate surface area is 120 Å². The van der Waals surface area contributed by atoms with Gasteiger partial charge in [-0.05, 0) is 18.8 Å². The first kappa shape index (κ1) is 15.1. The molecule has 3 amide bonds. The van der Waals surface area contributed by atoms with Crippen molar-refractivity contribution in [1.29, 1.82) is 0 Å². The molecule has 6 heteroatoms. The van der Waals surface area contributed by atoms with Gasteiger partial charge in [-0.3, -0.25) is 4.79 Å². The van der Waals surface area contributed by atoms with Crippen LogP contribution >= 0.6 is 0 Å². The maximum Gasteiger partial charge on any atom is 0.320 e. The minimum Gasteiger partial charge on any atom is -0.378 e. The van der Waals surface area contributed by atoms with Crippen LogP contribution in [0.5, 0.6) is 0 Å². The smallest absolute Gasteiger partial charge is 0.320 e. The molecule has 2 saturated heterocycles. The summed E-state index contributed by atoms with van der Waals surface area (Å²) in [6.45, 7) is 7.86. The van der Waals surface area contributed by atoms with Gasteiger partial charge in [0.15, 0.2) is 0 Å². The summed E-state index contributed by atoms with van der Waals surface area (Å²) >= 11 is 0. The molecule has 2 heterocycles. The molecule has 0 spiro atoms. The van der Waals surface area contributed by atoms with Gasteiger partial charge in [0.1, 0.15) is 6.04 Å². The first-order chi connectivity index (χ1) is 9.59. The van der Waals surface area contributed by atoms with E-state index in [0.717, 1.165) is 6.42 Å². The molecular weight excluding hydrogens is 258 g/mol. The third-order valence-electron chi connectivity index (χ3n) is 3.78. The number of urea groups is 1. The summed E-state index contributed by atoms with van der Waals surface area (Å²) in [6.07, 6.45) is 1.53. The Bertz CT molecular complexity index is 354. The maximum atomic E-state index is 12.7. The van der Waals surface area contributed by atoms with Gasteiger partial charge in [-0.25, -0.2) is 4.79 Å². The minimum atomic E-state index is -0.340. The van der Waals surface area contributed by atoms with E-state index in [-0.39, 0.29) is 18.0 Å². The van der Waals surface area contributed by atoms with Crippen molar-refractivity contribution in [3.05, 3.63) is 0 Å². The molecule has 0 saturated carbocycles. The lowest BCUT2D eigenvalue weighted by molar-refractivity contribution is -0.125. The molecule has 0 aromatic heterocycles. The molecule has 0 aromatic rings. The highest BCUT2D eigenvalue weighted by molar-refractivity contribution is 5.87. The molecular formula is C14H25N3O3. The standard InChI is InChI=1S/C14H25N3O3/c1-11(2)10-12-13(18)15-4-3-5-17(12)14(19)16-6-8-20-9-7-16/h11-12H,3-10H2,1-2H3,(H,15,18). The van der Waals surface area contributed by atoms with Gasteiger partial charge in [-0.15, -0.1) is 0 Å². The second kappa shape index (κ2) is 6.92. The van der Waals surface area contributed by atoms with E-state index in [1.807, 2.05) is 0 Å². The molecule has 2 aliphatic rings. The van der Waals surface area contributed by atoms with E-state index in [1.54, 1.807) is 9.80 Å². The number of amides is 3. The van der Waals surface area contributed by atoms with E-state index in [1.165, 1.54) is 0 Å². The van der Waals surface area contributed by atoms with Crippen molar-refractivity contribution in [3.8, 4) is 0 Å². The molecule has 2 aliphatic heterocycles. The van der Waals surface area contributed by atoms with Crippen molar-refractivity contribution < 1.29 is 14.3 Å². The van der Waals surface area contributed by atoms with E-state index in [2.05, 4.69) is 19.2 Å². The first-order valence-electron chi connectivity index (χ1n) is 7.50. The van der Waals surface area contributed by atoms with Crippen molar-refractivity contribution in [1.82, 2.24) is 15.1 Å². The summed E-state index contributed by atoms with van der Waals surface area (Å²) in [7, 11) is 0. The fraction of sp³-hybridized carbons (Fsp3) is 0.857. The topological polar surface area (TPSA) is 61.9 Å². The fourth-order valence-electron chi connectivity index (χ4n) is 2.72. The molecule has 1 atom stereocenters. The van der Waals surface area contributed by atoms with Gasteiger partial charge in [0.05, 0.1) is 13.2 Å². The van der Waals surface area contributed by atoms with Crippen LogP contribution in [0.3, 0.4) is 0 Å². The Hall–Kier alpha value is -1.30. The molecule has 1 N–H and O–H groups in total. The number of morpholine rings is 1. The lowest BCUT2D eigenvalue weighted by atomic mass is 10.0. The second-order valence-corrected chi connectivity index (χ2v) is 5.87. The SMILES string of the molecule is CC(C)CC1C(=O)NCCCN1C(=O)N1CCOCC1. The molecule has 6 nitrogen and oxygen atoms in total. The van der Waals surface area contributed by atoms with Crippen LogP contribution in [0.4, 0.5) is 4.79 Å². The lowest BCUT2D eigenvalue weighted by Gasteiger charge is -2.36. The number of nitrogens with one attached hydrogen (secondary N) is 1. The number of hydrogen-bond acceptors (Lipinski definition) is 3. The second-order valence-electron chi connectivity index (χ2n) is 5.87. The Morgan fingerprint density at radius 3 is 2.70 bits per heavy atom. The van der Waals surface area contributed by atoms with Crippen LogP contribution in [-0.4, -0.2) is 67.2 Å². The monoisotopic (exact) mass is 283 g/mol. The van der Waals surface area contributed by atoms with Gasteiger partial charge in [0.25, 0.3) is 0 Å². The summed E-state index contributed by atoms with van der Waals surface area (Å²) < 4.78 is 5.28. The number of ether oxygens (including phenoxy) is 1. The first-order valence-corrected chi connectivity index (χ1v) is 7.50. The van der Waals surface area contributed by atoms with Crippen LogP contribution < -0.4 is 5.32 Å². The third kappa shape index (κ3) is 3.62. The average Bonchev–Trinajstić information content (AvgIpc) is 2.62. The number of carbonyl (C=O) groups is 2. The number of hydrogen-bond donors (Lipinski definition) is 1. The summed E-state index contributed by atoms with van der Waals surface area (Å²) in [5, 5.41) is 2.91. The number of rotatable bonds is 2. The average molecular weight is 283 g/mol. The van der Waals surface area contributed by atoms with E-state index < -0.39 is 0 Å². The molecule has 114 valence electrons. The predicted molar refractivity (Wildman–Crippen MR) is 75.4 cm³/mol. The van der Waals surface area contributed by atoms with Crippen molar-refractivity contribution >= 4 is 11.9 Å². The summed E-state index contributed by atoms with van der Waals surface area (Å²) in [4.78, 5) is 28.4. The number of carbonyl (C=O) groups excluding carboxylic acids is 2. The van der Waals surface area contributed by atoms with Gasteiger partial charge in [-0.2, -0.15) is 0 Å². The van der Waals surface area contributed by atoms with Gasteiger partial charge < -0.3 is 19.9 Å². The quantitative estimate of drug-likeness (QED) is 0.810. The van der Waals surface area contributed by atoms with Crippen molar-refractivity contribution in [3.63, 3.8) is 0 Å². The van der Waals surface area contributed by atoms with Crippen molar-refractivity contribution in [2.24, 2.45) is 5.92 Å². The third-order valence-corrected chi connectivity index (χ3v) is 3.78. The van der Waals surface area contributed by atoms with Gasteiger partial charge >= 0.3 is 6.03 Å². The Kier molecular flexibility index (Phi) is 5.23. The molecule has 0 bridgehead atoms. The molecule has 0 radical (unpaired) electrons. The van der Waals surface area contributed by atoms with Crippen LogP contribution in [0.1, 0.15) is 26.7 Å². The number of nitrogens with zero attached hydrogens (tertiary/aromatic N) is 2. The van der Waals surface area contributed by atoms with Crippen molar-refractivity contribution in [2.45, 2.75) is 32.7 Å². The summed E-state index contributed by atoms with van der Waals surface area (Å²) in [6, 6.07) is -0.358. The molecule has 20 heavy (non-hydrogen) atoms. The fourth-order valence-corrected chi connectivity index (χ4v) is 2.72. The van der Waals surface area contributed by atoms with Crippen LogP contribution in [0.2, 0.25) is 0 Å². The van der Waals surface area contributed by atoms with Crippen LogP contribution in [0, 0.1) is 5.92 Å². The van der Waals surface area contributed by atoms with Crippen LogP contribution in [-0.2, 0) is 9.53 Å². The zero-order chi connectivity index (χ0) is 14.5. The van der Waals surface area contributed by atoms with E-state index in [9.17, 15) is 9.59 Å². The highest BCUT2D eigenvalue weighted by atomic mass is 16.5. The molecule has 1 unspecified atom stereocenters. The van der Waals surface area contributed by atoms with E-state index in [0.29, 0.717) is 51.7 Å². The predicted octanol–water partition coefficient (Wildman–Crippen LogP) is 0.675.